The SMILES string of the molecule is CCCCCCCCC(O)Cc1ccc2ccccc2c1. The van der Waals surface area contributed by atoms with E-state index >= 15 is 0 Å². The molecule has 0 aliphatic heterocycles. The maximum absolute atomic E-state index is 10.2. The molecule has 1 N–H and O–H groups in total. The van der Waals surface area contributed by atoms with Crippen LogP contribution in [0.4, 0.5) is 0 Å². The average Bonchev–Trinajstić information content (AvgIpc) is 2.50. The van der Waals surface area contributed by atoms with Crippen LogP contribution < -0.4 is 0 Å². The molecule has 114 valence electrons. The summed E-state index contributed by atoms with van der Waals surface area (Å²) in [5, 5.41) is 12.7. The maximum Gasteiger partial charge on any atom is 0.0580 e. The summed E-state index contributed by atoms with van der Waals surface area (Å²) in [4.78, 5) is 0. The molecule has 0 saturated heterocycles. The zero-order valence-electron chi connectivity index (χ0n) is 13.2. The zero-order valence-corrected chi connectivity index (χ0v) is 13.2. The van der Waals surface area contributed by atoms with E-state index in [2.05, 4.69) is 49.4 Å². The van der Waals surface area contributed by atoms with Gasteiger partial charge in [-0.1, -0.05) is 87.9 Å². The summed E-state index contributed by atoms with van der Waals surface area (Å²) in [7, 11) is 0. The Hall–Kier alpha value is -1.34. The molecule has 0 fully saturated rings. The fraction of sp³-hybridized carbons (Fsp3) is 0.500. The van der Waals surface area contributed by atoms with Crippen LogP contribution in [0, 0.1) is 0 Å². The van der Waals surface area contributed by atoms with Gasteiger partial charge in [0.2, 0.25) is 0 Å². The molecule has 21 heavy (non-hydrogen) atoms. The minimum atomic E-state index is -0.197. The Morgan fingerprint density at radius 1 is 0.857 bits per heavy atom. The van der Waals surface area contributed by atoms with Crippen molar-refractivity contribution in [3.05, 3.63) is 48.0 Å². The van der Waals surface area contributed by atoms with Gasteiger partial charge >= 0.3 is 0 Å². The molecule has 0 amide bonds. The summed E-state index contributed by atoms with van der Waals surface area (Å²) in [6.45, 7) is 2.24. The number of fused-ring (bicyclic) bond motifs is 1. The molecule has 1 atom stereocenters. The summed E-state index contributed by atoms with van der Waals surface area (Å²) < 4.78 is 0. The van der Waals surface area contributed by atoms with Crippen LogP contribution >= 0.6 is 0 Å². The van der Waals surface area contributed by atoms with Crippen molar-refractivity contribution >= 4 is 10.8 Å². The van der Waals surface area contributed by atoms with E-state index in [0.717, 1.165) is 19.3 Å². The van der Waals surface area contributed by atoms with Crippen molar-refractivity contribution in [2.75, 3.05) is 0 Å². The molecule has 0 heterocycles. The lowest BCUT2D eigenvalue weighted by atomic mass is 9.99. The van der Waals surface area contributed by atoms with E-state index in [9.17, 15) is 5.11 Å². The Morgan fingerprint density at radius 3 is 2.38 bits per heavy atom. The number of benzene rings is 2. The zero-order chi connectivity index (χ0) is 14.9. The molecule has 0 aliphatic rings. The molecular formula is C20H28O. The highest BCUT2D eigenvalue weighted by Crippen LogP contribution is 2.18. The smallest absolute Gasteiger partial charge is 0.0580 e. The Balaban J connectivity index is 1.74. The molecule has 1 nitrogen and oxygen atoms in total. The Bertz CT molecular complexity index is 532. The van der Waals surface area contributed by atoms with Gasteiger partial charge in [0.25, 0.3) is 0 Å². The first-order chi connectivity index (χ1) is 10.3. The predicted octanol–water partition coefficient (Wildman–Crippen LogP) is 5.49. The van der Waals surface area contributed by atoms with E-state index in [1.54, 1.807) is 0 Å². The second kappa shape index (κ2) is 8.84. The Labute approximate surface area is 129 Å². The predicted molar refractivity (Wildman–Crippen MR) is 91.7 cm³/mol. The normalized spacial score (nSPS) is 12.7. The van der Waals surface area contributed by atoms with Crippen LogP contribution in [0.1, 0.15) is 57.4 Å². The fourth-order valence-corrected chi connectivity index (χ4v) is 2.90. The van der Waals surface area contributed by atoms with Gasteiger partial charge < -0.3 is 5.11 Å². The summed E-state index contributed by atoms with van der Waals surface area (Å²) in [6.07, 6.45) is 9.22. The quantitative estimate of drug-likeness (QED) is 0.603. The van der Waals surface area contributed by atoms with Crippen molar-refractivity contribution < 1.29 is 5.11 Å². The standard InChI is InChI=1S/C20H28O/c1-2-3-4-5-6-7-12-20(21)16-17-13-14-18-10-8-9-11-19(18)15-17/h8-11,13-15,20-21H,2-7,12,16H2,1H3. The molecule has 1 unspecified atom stereocenters. The van der Waals surface area contributed by atoms with Gasteiger partial charge in [-0.05, 0) is 29.2 Å². The van der Waals surface area contributed by atoms with Crippen LogP contribution in [0.5, 0.6) is 0 Å². The van der Waals surface area contributed by atoms with Crippen LogP contribution in [0.25, 0.3) is 10.8 Å². The van der Waals surface area contributed by atoms with Gasteiger partial charge in [-0.3, -0.25) is 0 Å². The minimum absolute atomic E-state index is 0.197. The van der Waals surface area contributed by atoms with Gasteiger partial charge in [-0.25, -0.2) is 0 Å². The van der Waals surface area contributed by atoms with E-state index in [1.807, 2.05) is 0 Å². The van der Waals surface area contributed by atoms with Gasteiger partial charge in [0.05, 0.1) is 6.10 Å². The van der Waals surface area contributed by atoms with E-state index in [4.69, 9.17) is 0 Å². The minimum Gasteiger partial charge on any atom is -0.393 e. The third-order valence-corrected chi connectivity index (χ3v) is 4.18. The van der Waals surface area contributed by atoms with E-state index in [-0.39, 0.29) is 6.10 Å². The monoisotopic (exact) mass is 284 g/mol. The van der Waals surface area contributed by atoms with Crippen LogP contribution in [-0.4, -0.2) is 11.2 Å². The van der Waals surface area contributed by atoms with E-state index in [0.29, 0.717) is 0 Å². The van der Waals surface area contributed by atoms with Crippen molar-refractivity contribution in [2.45, 2.75) is 64.4 Å². The molecule has 0 aromatic heterocycles. The molecule has 2 rings (SSSR count). The maximum atomic E-state index is 10.2. The molecule has 0 bridgehead atoms. The topological polar surface area (TPSA) is 20.2 Å². The first-order valence-corrected chi connectivity index (χ1v) is 8.45. The third kappa shape index (κ3) is 5.51. The summed E-state index contributed by atoms with van der Waals surface area (Å²) in [5.74, 6) is 0. The molecular weight excluding hydrogens is 256 g/mol. The third-order valence-electron chi connectivity index (χ3n) is 4.18. The summed E-state index contributed by atoms with van der Waals surface area (Å²) in [6, 6.07) is 14.9. The van der Waals surface area contributed by atoms with E-state index in [1.165, 1.54) is 48.4 Å². The fourth-order valence-electron chi connectivity index (χ4n) is 2.90. The van der Waals surface area contributed by atoms with Gasteiger partial charge in [0.15, 0.2) is 0 Å². The number of hydrogen-bond acceptors (Lipinski definition) is 1. The first kappa shape index (κ1) is 16.0. The second-order valence-electron chi connectivity index (χ2n) is 6.10. The highest BCUT2D eigenvalue weighted by Gasteiger charge is 2.06. The number of rotatable bonds is 9. The number of aliphatic hydroxyl groups excluding tert-OH is 1. The van der Waals surface area contributed by atoms with Crippen molar-refractivity contribution in [3.8, 4) is 0 Å². The molecule has 0 saturated carbocycles. The lowest BCUT2D eigenvalue weighted by Crippen LogP contribution is -2.10. The summed E-state index contributed by atoms with van der Waals surface area (Å²) in [5.41, 5.74) is 1.24. The van der Waals surface area contributed by atoms with Crippen molar-refractivity contribution in [1.82, 2.24) is 0 Å². The van der Waals surface area contributed by atoms with Crippen molar-refractivity contribution in [3.63, 3.8) is 0 Å². The molecule has 0 radical (unpaired) electrons. The molecule has 1 heteroatoms. The largest absolute Gasteiger partial charge is 0.393 e. The number of aliphatic hydroxyl groups is 1. The second-order valence-corrected chi connectivity index (χ2v) is 6.10. The molecule has 0 aliphatic carbocycles. The lowest BCUT2D eigenvalue weighted by molar-refractivity contribution is 0.161. The van der Waals surface area contributed by atoms with Gasteiger partial charge in [-0.2, -0.15) is 0 Å². The molecule has 2 aromatic rings. The highest BCUT2D eigenvalue weighted by atomic mass is 16.3. The molecule has 0 spiro atoms. The van der Waals surface area contributed by atoms with Crippen molar-refractivity contribution in [1.29, 1.82) is 0 Å². The average molecular weight is 284 g/mol. The first-order valence-electron chi connectivity index (χ1n) is 8.45. The summed E-state index contributed by atoms with van der Waals surface area (Å²) >= 11 is 0. The number of unbranched alkanes of at least 4 members (excludes halogenated alkanes) is 5. The van der Waals surface area contributed by atoms with Crippen molar-refractivity contribution in [2.24, 2.45) is 0 Å². The Kier molecular flexibility index (Phi) is 6.75. The highest BCUT2D eigenvalue weighted by molar-refractivity contribution is 5.82. The Morgan fingerprint density at radius 2 is 1.57 bits per heavy atom. The molecule has 2 aromatic carbocycles. The van der Waals surface area contributed by atoms with E-state index < -0.39 is 0 Å². The van der Waals surface area contributed by atoms with Gasteiger partial charge in [-0.15, -0.1) is 0 Å². The van der Waals surface area contributed by atoms with Crippen LogP contribution in [0.2, 0.25) is 0 Å². The van der Waals surface area contributed by atoms with Crippen LogP contribution in [0.15, 0.2) is 42.5 Å². The number of hydrogen-bond donors (Lipinski definition) is 1. The lowest BCUT2D eigenvalue weighted by Gasteiger charge is -2.11. The van der Waals surface area contributed by atoms with Gasteiger partial charge in [0, 0.05) is 0 Å². The van der Waals surface area contributed by atoms with Gasteiger partial charge in [0.1, 0.15) is 0 Å². The van der Waals surface area contributed by atoms with Crippen LogP contribution in [-0.2, 0) is 6.42 Å². The van der Waals surface area contributed by atoms with Crippen LogP contribution in [0.3, 0.4) is 0 Å².